The second-order valence-corrected chi connectivity index (χ2v) is 6.89. The molecule has 2 aromatic carbocycles. The summed E-state index contributed by atoms with van der Waals surface area (Å²) in [5.41, 5.74) is 5.48. The molecule has 1 aliphatic rings. The first-order chi connectivity index (χ1) is 12.8. The van der Waals surface area contributed by atoms with E-state index in [0.29, 0.717) is 12.1 Å². The maximum Gasteiger partial charge on any atom is 0.0878 e. The fourth-order valence-electron chi connectivity index (χ4n) is 3.48. The van der Waals surface area contributed by atoms with Crippen LogP contribution in [0.3, 0.4) is 0 Å². The number of nitrogens with zero attached hydrogens (tertiary/aromatic N) is 2. The van der Waals surface area contributed by atoms with Gasteiger partial charge in [0, 0.05) is 30.3 Å². The van der Waals surface area contributed by atoms with Gasteiger partial charge in [0.15, 0.2) is 0 Å². The van der Waals surface area contributed by atoms with Crippen molar-refractivity contribution >= 4 is 5.71 Å². The predicted molar refractivity (Wildman–Crippen MR) is 104 cm³/mol. The molecule has 1 aliphatic carbocycles. The van der Waals surface area contributed by atoms with E-state index in [1.165, 1.54) is 29.5 Å². The van der Waals surface area contributed by atoms with Gasteiger partial charge in [-0.15, -0.1) is 0 Å². The molecule has 3 aromatic rings. The number of oxime groups is 1. The van der Waals surface area contributed by atoms with Gasteiger partial charge < -0.3 is 5.21 Å². The normalized spacial score (nSPS) is 15.6. The highest BCUT2D eigenvalue weighted by molar-refractivity contribution is 6.00. The largest absolute Gasteiger partial charge is 0.411 e. The summed E-state index contributed by atoms with van der Waals surface area (Å²) in [4.78, 5) is 4.05. The van der Waals surface area contributed by atoms with Crippen LogP contribution >= 0.6 is 0 Å². The minimum Gasteiger partial charge on any atom is -0.411 e. The van der Waals surface area contributed by atoms with Crippen LogP contribution in [0.2, 0.25) is 0 Å². The van der Waals surface area contributed by atoms with Gasteiger partial charge in [0.1, 0.15) is 0 Å². The number of aromatic nitrogens is 1. The van der Waals surface area contributed by atoms with Crippen LogP contribution in [-0.4, -0.2) is 15.9 Å². The Balaban J connectivity index is 1.66. The van der Waals surface area contributed by atoms with Crippen LogP contribution in [0.5, 0.6) is 0 Å². The molecule has 0 aliphatic heterocycles. The molecule has 1 atom stereocenters. The molecule has 0 saturated heterocycles. The lowest BCUT2D eigenvalue weighted by Crippen LogP contribution is -2.10. The van der Waals surface area contributed by atoms with Gasteiger partial charge in [-0.05, 0) is 47.6 Å². The molecule has 1 fully saturated rings. The Morgan fingerprint density at radius 2 is 1.58 bits per heavy atom. The SMILES string of the molecule is ON=C(CC(c1ccccc1)c1ccc(C2CC2)cc1)c1ccncc1. The van der Waals surface area contributed by atoms with Crippen LogP contribution in [0.4, 0.5) is 0 Å². The van der Waals surface area contributed by atoms with Gasteiger partial charge in [0.25, 0.3) is 0 Å². The van der Waals surface area contributed by atoms with Crippen LogP contribution in [-0.2, 0) is 0 Å². The van der Waals surface area contributed by atoms with Gasteiger partial charge in [-0.3, -0.25) is 4.98 Å². The highest BCUT2D eigenvalue weighted by atomic mass is 16.4. The second-order valence-electron chi connectivity index (χ2n) is 6.89. The molecule has 4 rings (SSSR count). The molecule has 1 heterocycles. The third-order valence-corrected chi connectivity index (χ3v) is 5.12. The van der Waals surface area contributed by atoms with E-state index in [9.17, 15) is 5.21 Å². The average Bonchev–Trinajstić information content (AvgIpc) is 3.56. The Labute approximate surface area is 154 Å². The molecule has 130 valence electrons. The van der Waals surface area contributed by atoms with E-state index in [-0.39, 0.29) is 5.92 Å². The van der Waals surface area contributed by atoms with Crippen LogP contribution in [0, 0.1) is 0 Å². The quantitative estimate of drug-likeness (QED) is 0.372. The molecule has 3 nitrogen and oxygen atoms in total. The van der Waals surface area contributed by atoms with E-state index < -0.39 is 0 Å². The maximum absolute atomic E-state index is 9.61. The molecule has 26 heavy (non-hydrogen) atoms. The van der Waals surface area contributed by atoms with E-state index in [1.807, 2.05) is 18.2 Å². The zero-order valence-corrected chi connectivity index (χ0v) is 14.6. The van der Waals surface area contributed by atoms with E-state index in [4.69, 9.17) is 0 Å². The third kappa shape index (κ3) is 3.67. The summed E-state index contributed by atoms with van der Waals surface area (Å²) < 4.78 is 0. The van der Waals surface area contributed by atoms with Crippen molar-refractivity contribution in [2.45, 2.75) is 31.1 Å². The van der Waals surface area contributed by atoms with Crippen LogP contribution in [0.1, 0.15) is 53.4 Å². The molecule has 0 spiro atoms. The number of benzene rings is 2. The van der Waals surface area contributed by atoms with Crippen molar-refractivity contribution in [3.8, 4) is 0 Å². The van der Waals surface area contributed by atoms with E-state index in [2.05, 4.69) is 58.7 Å². The lowest BCUT2D eigenvalue weighted by molar-refractivity contribution is 0.317. The highest BCUT2D eigenvalue weighted by Crippen LogP contribution is 2.40. The standard InChI is InChI=1S/C23H22N2O/c26-25-23(21-12-14-24-15-13-21)16-22(19-4-2-1-3-5-19)20-10-8-18(9-11-20)17-6-7-17/h1-5,8-15,17,22,26H,6-7,16H2. The summed E-state index contributed by atoms with van der Waals surface area (Å²) in [6.45, 7) is 0. The van der Waals surface area contributed by atoms with Crippen LogP contribution < -0.4 is 0 Å². The monoisotopic (exact) mass is 342 g/mol. The zero-order chi connectivity index (χ0) is 17.8. The first-order valence-electron chi connectivity index (χ1n) is 9.11. The first kappa shape index (κ1) is 16.5. The summed E-state index contributed by atoms with van der Waals surface area (Å²) >= 11 is 0. The molecular weight excluding hydrogens is 320 g/mol. The highest BCUT2D eigenvalue weighted by Gasteiger charge is 2.24. The van der Waals surface area contributed by atoms with Crippen LogP contribution in [0.25, 0.3) is 0 Å². The number of hydrogen-bond acceptors (Lipinski definition) is 3. The van der Waals surface area contributed by atoms with Gasteiger partial charge in [-0.2, -0.15) is 0 Å². The smallest absolute Gasteiger partial charge is 0.0878 e. The summed E-state index contributed by atoms with van der Waals surface area (Å²) in [6.07, 6.45) is 6.70. The van der Waals surface area contributed by atoms with Gasteiger partial charge in [-0.1, -0.05) is 59.8 Å². The number of hydrogen-bond donors (Lipinski definition) is 1. The Morgan fingerprint density at radius 3 is 2.19 bits per heavy atom. The Morgan fingerprint density at radius 1 is 0.923 bits per heavy atom. The van der Waals surface area contributed by atoms with Crippen molar-refractivity contribution in [1.29, 1.82) is 0 Å². The molecular formula is C23H22N2O. The van der Waals surface area contributed by atoms with Crippen molar-refractivity contribution in [2.24, 2.45) is 5.16 Å². The topological polar surface area (TPSA) is 45.5 Å². The Kier molecular flexibility index (Phi) is 4.78. The second kappa shape index (κ2) is 7.52. The summed E-state index contributed by atoms with van der Waals surface area (Å²) in [7, 11) is 0. The fraction of sp³-hybridized carbons (Fsp3) is 0.217. The third-order valence-electron chi connectivity index (χ3n) is 5.12. The first-order valence-corrected chi connectivity index (χ1v) is 9.11. The summed E-state index contributed by atoms with van der Waals surface area (Å²) in [5, 5.41) is 13.2. The minimum atomic E-state index is 0.142. The van der Waals surface area contributed by atoms with Gasteiger partial charge >= 0.3 is 0 Å². The van der Waals surface area contributed by atoms with Crippen molar-refractivity contribution in [1.82, 2.24) is 4.98 Å². The summed E-state index contributed by atoms with van der Waals surface area (Å²) in [5.74, 6) is 0.897. The van der Waals surface area contributed by atoms with Gasteiger partial charge in [0.2, 0.25) is 0 Å². The van der Waals surface area contributed by atoms with Crippen molar-refractivity contribution in [3.63, 3.8) is 0 Å². The molecule has 0 bridgehead atoms. The van der Waals surface area contributed by atoms with Crippen molar-refractivity contribution < 1.29 is 5.21 Å². The molecule has 0 radical (unpaired) electrons. The number of pyridine rings is 1. The predicted octanol–water partition coefficient (Wildman–Crippen LogP) is 5.36. The lowest BCUT2D eigenvalue weighted by Gasteiger charge is -2.19. The zero-order valence-electron chi connectivity index (χ0n) is 14.6. The lowest BCUT2D eigenvalue weighted by atomic mass is 9.85. The Bertz CT molecular complexity index is 869. The Hall–Kier alpha value is -2.94. The molecule has 3 heteroatoms. The van der Waals surface area contributed by atoms with Gasteiger partial charge in [-0.25, -0.2) is 0 Å². The van der Waals surface area contributed by atoms with E-state index in [1.54, 1.807) is 12.4 Å². The number of rotatable bonds is 6. The fourth-order valence-corrected chi connectivity index (χ4v) is 3.48. The molecule has 1 N–H and O–H groups in total. The molecule has 1 unspecified atom stereocenters. The van der Waals surface area contributed by atoms with Crippen molar-refractivity contribution in [2.75, 3.05) is 0 Å². The van der Waals surface area contributed by atoms with Crippen LogP contribution in [0.15, 0.2) is 84.3 Å². The van der Waals surface area contributed by atoms with Gasteiger partial charge in [0.05, 0.1) is 5.71 Å². The van der Waals surface area contributed by atoms with E-state index in [0.717, 1.165) is 11.5 Å². The maximum atomic E-state index is 9.61. The van der Waals surface area contributed by atoms with Crippen molar-refractivity contribution in [3.05, 3.63) is 101 Å². The molecule has 0 amide bonds. The molecule has 1 saturated carbocycles. The molecule has 1 aromatic heterocycles. The average molecular weight is 342 g/mol. The van der Waals surface area contributed by atoms with E-state index >= 15 is 0 Å². The summed E-state index contributed by atoms with van der Waals surface area (Å²) in [6, 6.07) is 23.2. The minimum absolute atomic E-state index is 0.142.